The number of pyridine rings is 1. The summed E-state index contributed by atoms with van der Waals surface area (Å²) in [6.07, 6.45) is 2.88. The molecule has 0 unspecified atom stereocenters. The van der Waals surface area contributed by atoms with Crippen molar-refractivity contribution in [2.24, 2.45) is 0 Å². The predicted octanol–water partition coefficient (Wildman–Crippen LogP) is 3.67. The molecule has 1 heterocycles. The van der Waals surface area contributed by atoms with Crippen molar-refractivity contribution >= 4 is 5.82 Å². The van der Waals surface area contributed by atoms with E-state index in [2.05, 4.69) is 22.1 Å². The van der Waals surface area contributed by atoms with Crippen molar-refractivity contribution in [1.29, 1.82) is 0 Å². The van der Waals surface area contributed by atoms with Crippen molar-refractivity contribution in [3.05, 3.63) is 59.5 Å². The highest BCUT2D eigenvalue weighted by atomic mass is 19.1. The fourth-order valence-corrected chi connectivity index (χ4v) is 2.21. The van der Waals surface area contributed by atoms with E-state index in [1.165, 1.54) is 11.6 Å². The van der Waals surface area contributed by atoms with Gasteiger partial charge in [0, 0.05) is 31.4 Å². The molecule has 0 saturated heterocycles. The Bertz CT molecular complexity index is 571. The van der Waals surface area contributed by atoms with Crippen LogP contribution in [-0.2, 0) is 13.1 Å². The van der Waals surface area contributed by atoms with Gasteiger partial charge in [0.2, 0.25) is 0 Å². The summed E-state index contributed by atoms with van der Waals surface area (Å²) >= 11 is 0. The molecule has 3 nitrogen and oxygen atoms in total. The average molecular weight is 287 g/mol. The zero-order chi connectivity index (χ0) is 15.1. The first kappa shape index (κ1) is 15.4. The summed E-state index contributed by atoms with van der Waals surface area (Å²) in [4.78, 5) is 6.39. The Balaban J connectivity index is 1.96. The maximum atomic E-state index is 13.6. The molecule has 1 aromatic heterocycles. The van der Waals surface area contributed by atoms with Crippen LogP contribution in [0.4, 0.5) is 10.2 Å². The largest absolute Gasteiger partial charge is 0.370 e. The fourth-order valence-electron chi connectivity index (χ4n) is 2.21. The fraction of sp³-hybridized carbons (Fsp3) is 0.353. The molecule has 2 rings (SSSR count). The Kier molecular flexibility index (Phi) is 5.69. The van der Waals surface area contributed by atoms with Gasteiger partial charge in [-0.15, -0.1) is 0 Å². The van der Waals surface area contributed by atoms with Crippen LogP contribution in [0.3, 0.4) is 0 Å². The topological polar surface area (TPSA) is 28.2 Å². The first-order chi connectivity index (χ1) is 10.2. The number of nitrogens with zero attached hydrogens (tertiary/aromatic N) is 2. The number of rotatable bonds is 7. The summed E-state index contributed by atoms with van der Waals surface area (Å²) in [7, 11) is 1.99. The molecule has 0 aliphatic carbocycles. The van der Waals surface area contributed by atoms with E-state index in [1.54, 1.807) is 6.07 Å². The number of anilines is 1. The van der Waals surface area contributed by atoms with E-state index in [0.717, 1.165) is 30.9 Å². The van der Waals surface area contributed by atoms with E-state index >= 15 is 0 Å². The Labute approximate surface area is 125 Å². The third-order valence-electron chi connectivity index (χ3n) is 3.23. The van der Waals surface area contributed by atoms with Gasteiger partial charge in [-0.05, 0) is 37.2 Å². The maximum Gasteiger partial charge on any atom is 0.127 e. The molecule has 0 bridgehead atoms. The van der Waals surface area contributed by atoms with Gasteiger partial charge in [0.15, 0.2) is 0 Å². The molecule has 4 heteroatoms. The normalized spacial score (nSPS) is 10.9. The van der Waals surface area contributed by atoms with E-state index in [1.807, 2.05) is 37.5 Å². The van der Waals surface area contributed by atoms with Gasteiger partial charge < -0.3 is 5.32 Å². The second kappa shape index (κ2) is 7.74. The molecule has 0 radical (unpaired) electrons. The lowest BCUT2D eigenvalue weighted by atomic mass is 10.2. The van der Waals surface area contributed by atoms with E-state index in [4.69, 9.17) is 0 Å². The third kappa shape index (κ3) is 4.83. The van der Waals surface area contributed by atoms with Crippen LogP contribution in [0.2, 0.25) is 0 Å². The van der Waals surface area contributed by atoms with Crippen LogP contribution in [0.25, 0.3) is 0 Å². The van der Waals surface area contributed by atoms with Crippen molar-refractivity contribution in [3.8, 4) is 0 Å². The minimum absolute atomic E-state index is 0.149. The molecule has 0 amide bonds. The molecule has 0 saturated carbocycles. The molecule has 2 aromatic rings. The van der Waals surface area contributed by atoms with Gasteiger partial charge in [-0.25, -0.2) is 9.37 Å². The number of hydrogen-bond acceptors (Lipinski definition) is 3. The zero-order valence-electron chi connectivity index (χ0n) is 12.6. The van der Waals surface area contributed by atoms with Gasteiger partial charge in [-0.3, -0.25) is 4.90 Å². The summed E-state index contributed by atoms with van der Waals surface area (Å²) in [6.45, 7) is 4.39. The van der Waals surface area contributed by atoms with Crippen molar-refractivity contribution in [3.63, 3.8) is 0 Å². The van der Waals surface area contributed by atoms with Crippen LogP contribution in [0.5, 0.6) is 0 Å². The average Bonchev–Trinajstić information content (AvgIpc) is 2.48. The Morgan fingerprint density at radius 3 is 2.76 bits per heavy atom. The summed E-state index contributed by atoms with van der Waals surface area (Å²) in [5, 5.41) is 3.28. The number of benzene rings is 1. The van der Waals surface area contributed by atoms with E-state index in [9.17, 15) is 4.39 Å². The van der Waals surface area contributed by atoms with E-state index in [-0.39, 0.29) is 5.82 Å². The van der Waals surface area contributed by atoms with Crippen LogP contribution in [0.15, 0.2) is 42.6 Å². The van der Waals surface area contributed by atoms with Crippen LogP contribution in [-0.4, -0.2) is 23.5 Å². The second-order valence-corrected chi connectivity index (χ2v) is 5.24. The van der Waals surface area contributed by atoms with Gasteiger partial charge in [0.25, 0.3) is 0 Å². The summed E-state index contributed by atoms with van der Waals surface area (Å²) in [5.41, 5.74) is 1.89. The molecule has 1 aromatic carbocycles. The lowest BCUT2D eigenvalue weighted by Gasteiger charge is -2.17. The van der Waals surface area contributed by atoms with Gasteiger partial charge >= 0.3 is 0 Å². The molecule has 21 heavy (non-hydrogen) atoms. The van der Waals surface area contributed by atoms with Gasteiger partial charge in [-0.2, -0.15) is 0 Å². The number of halogens is 1. The third-order valence-corrected chi connectivity index (χ3v) is 3.23. The zero-order valence-corrected chi connectivity index (χ0v) is 12.6. The van der Waals surface area contributed by atoms with Gasteiger partial charge in [-0.1, -0.05) is 25.1 Å². The number of nitrogens with one attached hydrogen (secondary N) is 1. The molecule has 0 aliphatic heterocycles. The van der Waals surface area contributed by atoms with Gasteiger partial charge in [0.1, 0.15) is 11.6 Å². The highest BCUT2D eigenvalue weighted by Crippen LogP contribution is 2.13. The Hall–Kier alpha value is -1.94. The molecular weight excluding hydrogens is 265 g/mol. The van der Waals surface area contributed by atoms with Crippen molar-refractivity contribution < 1.29 is 4.39 Å². The number of aromatic nitrogens is 1. The monoisotopic (exact) mass is 287 g/mol. The quantitative estimate of drug-likeness (QED) is 0.842. The summed E-state index contributed by atoms with van der Waals surface area (Å²) in [5.74, 6) is 0.748. The lowest BCUT2D eigenvalue weighted by molar-refractivity contribution is 0.313. The highest BCUT2D eigenvalue weighted by Gasteiger charge is 2.06. The van der Waals surface area contributed by atoms with Crippen LogP contribution in [0.1, 0.15) is 24.5 Å². The molecular formula is C17H22FN3. The second-order valence-electron chi connectivity index (χ2n) is 5.24. The Morgan fingerprint density at radius 2 is 2.00 bits per heavy atom. The Morgan fingerprint density at radius 1 is 1.19 bits per heavy atom. The van der Waals surface area contributed by atoms with Crippen LogP contribution < -0.4 is 5.32 Å². The molecule has 0 atom stereocenters. The standard InChI is InChI=1S/C17H22FN3/c1-3-9-19-17-11-14(8-10-20-17)12-21(2)13-15-6-4-5-7-16(15)18/h4-8,10-11H,3,9,12-13H2,1-2H3,(H,19,20). The SMILES string of the molecule is CCCNc1cc(CN(C)Cc2ccccc2F)ccn1. The predicted molar refractivity (Wildman–Crippen MR) is 84.6 cm³/mol. The first-order valence-electron chi connectivity index (χ1n) is 7.29. The minimum atomic E-state index is -0.149. The maximum absolute atomic E-state index is 13.6. The summed E-state index contributed by atoms with van der Waals surface area (Å²) in [6, 6.07) is 11.0. The van der Waals surface area contributed by atoms with Crippen molar-refractivity contribution in [1.82, 2.24) is 9.88 Å². The van der Waals surface area contributed by atoms with E-state index in [0.29, 0.717) is 6.54 Å². The van der Waals surface area contributed by atoms with Crippen molar-refractivity contribution in [2.75, 3.05) is 18.9 Å². The number of hydrogen-bond donors (Lipinski definition) is 1. The molecule has 0 fully saturated rings. The van der Waals surface area contributed by atoms with Crippen LogP contribution >= 0.6 is 0 Å². The van der Waals surface area contributed by atoms with Gasteiger partial charge in [0.05, 0.1) is 0 Å². The summed E-state index contributed by atoms with van der Waals surface area (Å²) < 4.78 is 13.6. The molecule has 112 valence electrons. The van der Waals surface area contributed by atoms with E-state index < -0.39 is 0 Å². The van der Waals surface area contributed by atoms with Crippen LogP contribution in [0, 0.1) is 5.82 Å². The highest BCUT2D eigenvalue weighted by molar-refractivity contribution is 5.37. The smallest absolute Gasteiger partial charge is 0.127 e. The lowest BCUT2D eigenvalue weighted by Crippen LogP contribution is -2.18. The molecule has 0 aliphatic rings. The molecule has 0 spiro atoms. The minimum Gasteiger partial charge on any atom is -0.370 e. The first-order valence-corrected chi connectivity index (χ1v) is 7.29. The van der Waals surface area contributed by atoms with Crippen molar-refractivity contribution in [2.45, 2.75) is 26.4 Å². The molecule has 1 N–H and O–H groups in total.